The molecule has 8 nitrogen and oxygen atoms in total. The van der Waals surface area contributed by atoms with Crippen molar-refractivity contribution in [3.05, 3.63) is 66.0 Å². The van der Waals surface area contributed by atoms with Crippen molar-refractivity contribution in [3.63, 3.8) is 0 Å². The third-order valence-corrected chi connectivity index (χ3v) is 4.36. The van der Waals surface area contributed by atoms with Crippen LogP contribution < -0.4 is 24.3 Å². The van der Waals surface area contributed by atoms with Crippen LogP contribution in [0.25, 0.3) is 0 Å². The quantitative estimate of drug-likeness (QED) is 0.505. The number of nitrogens with one attached hydrogen (secondary N) is 1. The third-order valence-electron chi connectivity index (χ3n) is 4.36. The van der Waals surface area contributed by atoms with Gasteiger partial charge in [-0.1, -0.05) is 6.07 Å². The highest BCUT2D eigenvalue weighted by atomic mass is 16.5. The number of hydrogen-bond acceptors (Lipinski definition) is 6. The van der Waals surface area contributed by atoms with Gasteiger partial charge in [0, 0.05) is 12.7 Å². The van der Waals surface area contributed by atoms with Crippen molar-refractivity contribution in [3.8, 4) is 23.0 Å². The normalized spacial score (nSPS) is 10.4. The van der Waals surface area contributed by atoms with E-state index in [0.717, 1.165) is 11.3 Å². The van der Waals surface area contributed by atoms with Crippen LogP contribution in [0.5, 0.6) is 23.0 Å². The first-order valence-corrected chi connectivity index (χ1v) is 10.1. The number of hydrogen-bond donors (Lipinski definition) is 1. The van der Waals surface area contributed by atoms with E-state index >= 15 is 0 Å². The summed E-state index contributed by atoms with van der Waals surface area (Å²) in [6.45, 7) is 5.47. The number of carbonyl (C=O) groups excluding carboxylic acids is 1. The highest BCUT2D eigenvalue weighted by Crippen LogP contribution is 2.28. The minimum Gasteiger partial charge on any atom is -0.497 e. The molecule has 164 valence electrons. The lowest BCUT2D eigenvalue weighted by Gasteiger charge is -2.12. The Morgan fingerprint density at radius 1 is 0.935 bits per heavy atom. The van der Waals surface area contributed by atoms with E-state index in [0.29, 0.717) is 42.7 Å². The second-order valence-corrected chi connectivity index (χ2v) is 6.52. The van der Waals surface area contributed by atoms with Crippen molar-refractivity contribution >= 4 is 5.91 Å². The first kappa shape index (κ1) is 22.0. The Labute approximate surface area is 181 Å². The molecule has 1 aromatic heterocycles. The molecule has 1 heterocycles. The zero-order chi connectivity index (χ0) is 22.1. The molecule has 0 fully saturated rings. The SMILES string of the molecule is CCOc1ccc(CNC(=O)c2ccn(COc3ccc(OC)cc3)n2)cc1OCC. The van der Waals surface area contributed by atoms with Crippen molar-refractivity contribution in [1.29, 1.82) is 0 Å². The summed E-state index contributed by atoms with van der Waals surface area (Å²) in [4.78, 5) is 12.5. The van der Waals surface area contributed by atoms with Crippen LogP contribution in [0.2, 0.25) is 0 Å². The molecule has 1 N–H and O–H groups in total. The molecule has 0 aliphatic rings. The van der Waals surface area contributed by atoms with Crippen LogP contribution >= 0.6 is 0 Å². The van der Waals surface area contributed by atoms with Crippen molar-refractivity contribution in [2.24, 2.45) is 0 Å². The minimum atomic E-state index is -0.268. The van der Waals surface area contributed by atoms with E-state index in [9.17, 15) is 4.79 Å². The summed E-state index contributed by atoms with van der Waals surface area (Å²) in [6.07, 6.45) is 1.70. The first-order valence-electron chi connectivity index (χ1n) is 10.1. The summed E-state index contributed by atoms with van der Waals surface area (Å²) in [7, 11) is 1.61. The molecule has 3 rings (SSSR count). The third kappa shape index (κ3) is 6.15. The number of rotatable bonds is 11. The molecule has 8 heteroatoms. The molecule has 0 unspecified atom stereocenters. The Hall–Kier alpha value is -3.68. The van der Waals surface area contributed by atoms with E-state index in [-0.39, 0.29) is 12.6 Å². The second-order valence-electron chi connectivity index (χ2n) is 6.52. The zero-order valence-electron chi connectivity index (χ0n) is 18.0. The monoisotopic (exact) mass is 425 g/mol. The van der Waals surface area contributed by atoms with Gasteiger partial charge < -0.3 is 24.3 Å². The van der Waals surface area contributed by atoms with Crippen molar-refractivity contribution < 1.29 is 23.7 Å². The highest BCUT2D eigenvalue weighted by Gasteiger charge is 2.11. The smallest absolute Gasteiger partial charge is 0.272 e. The van der Waals surface area contributed by atoms with E-state index in [2.05, 4.69) is 10.4 Å². The Kier molecular flexibility index (Phi) is 7.75. The Morgan fingerprint density at radius 3 is 2.35 bits per heavy atom. The summed E-state index contributed by atoms with van der Waals surface area (Å²) in [5, 5.41) is 7.14. The van der Waals surface area contributed by atoms with Crippen LogP contribution in [-0.2, 0) is 13.3 Å². The van der Waals surface area contributed by atoms with Crippen LogP contribution in [0.15, 0.2) is 54.7 Å². The number of nitrogens with zero attached hydrogens (tertiary/aromatic N) is 2. The predicted octanol–water partition coefficient (Wildman–Crippen LogP) is 3.66. The van der Waals surface area contributed by atoms with E-state index in [1.807, 2.05) is 56.3 Å². The minimum absolute atomic E-state index is 0.191. The molecular formula is C23H27N3O5. The summed E-state index contributed by atoms with van der Waals surface area (Å²) in [6, 6.07) is 14.5. The van der Waals surface area contributed by atoms with Gasteiger partial charge in [0.15, 0.2) is 18.2 Å². The summed E-state index contributed by atoms with van der Waals surface area (Å²) in [5.74, 6) is 2.52. The second kappa shape index (κ2) is 10.9. The van der Waals surface area contributed by atoms with E-state index in [1.54, 1.807) is 24.1 Å². The number of carbonyl (C=O) groups is 1. The number of benzene rings is 2. The molecule has 0 saturated heterocycles. The summed E-state index contributed by atoms with van der Waals surface area (Å²) in [5.41, 5.74) is 1.22. The fourth-order valence-corrected chi connectivity index (χ4v) is 2.85. The van der Waals surface area contributed by atoms with Crippen LogP contribution in [0.4, 0.5) is 0 Å². The Bertz CT molecular complexity index is 985. The van der Waals surface area contributed by atoms with Crippen molar-refractivity contribution in [2.75, 3.05) is 20.3 Å². The molecule has 0 radical (unpaired) electrons. The van der Waals surface area contributed by atoms with Gasteiger partial charge in [0.1, 0.15) is 17.2 Å². The highest BCUT2D eigenvalue weighted by molar-refractivity contribution is 5.92. The maximum absolute atomic E-state index is 12.5. The van der Waals surface area contributed by atoms with Crippen molar-refractivity contribution in [1.82, 2.24) is 15.1 Å². The fraction of sp³-hybridized carbons (Fsp3) is 0.304. The Morgan fingerprint density at radius 2 is 1.65 bits per heavy atom. The molecule has 0 bridgehead atoms. The van der Waals surface area contributed by atoms with E-state index < -0.39 is 0 Å². The molecular weight excluding hydrogens is 398 g/mol. The lowest BCUT2D eigenvalue weighted by molar-refractivity contribution is 0.0943. The van der Waals surface area contributed by atoms with Crippen molar-refractivity contribution in [2.45, 2.75) is 27.1 Å². The van der Waals surface area contributed by atoms with E-state index in [4.69, 9.17) is 18.9 Å². The number of methoxy groups -OCH3 is 1. The maximum Gasteiger partial charge on any atom is 0.272 e. The molecule has 0 aliphatic carbocycles. The van der Waals surface area contributed by atoms with Crippen LogP contribution in [0.1, 0.15) is 29.9 Å². The molecule has 0 saturated carbocycles. The first-order chi connectivity index (χ1) is 15.1. The number of ether oxygens (including phenoxy) is 4. The van der Waals surface area contributed by atoms with Crippen LogP contribution in [0, 0.1) is 0 Å². The molecule has 2 aromatic carbocycles. The number of aromatic nitrogens is 2. The summed E-state index contributed by atoms with van der Waals surface area (Å²) < 4.78 is 23.5. The molecule has 1 amide bonds. The lowest BCUT2D eigenvalue weighted by Crippen LogP contribution is -2.23. The van der Waals surface area contributed by atoms with Gasteiger partial charge in [-0.05, 0) is 61.9 Å². The van der Waals surface area contributed by atoms with Crippen LogP contribution in [-0.4, -0.2) is 36.0 Å². The van der Waals surface area contributed by atoms with Crippen LogP contribution in [0.3, 0.4) is 0 Å². The fourth-order valence-electron chi connectivity index (χ4n) is 2.85. The van der Waals surface area contributed by atoms with E-state index in [1.165, 1.54) is 0 Å². The summed E-state index contributed by atoms with van der Waals surface area (Å²) >= 11 is 0. The van der Waals surface area contributed by atoms with Gasteiger partial charge in [0.25, 0.3) is 5.91 Å². The van der Waals surface area contributed by atoms with Gasteiger partial charge in [-0.25, -0.2) is 4.68 Å². The number of amides is 1. The average molecular weight is 425 g/mol. The lowest BCUT2D eigenvalue weighted by atomic mass is 10.2. The molecule has 31 heavy (non-hydrogen) atoms. The van der Waals surface area contributed by atoms with Gasteiger partial charge in [-0.2, -0.15) is 5.10 Å². The molecule has 3 aromatic rings. The molecule has 0 aliphatic heterocycles. The predicted molar refractivity (Wildman–Crippen MR) is 116 cm³/mol. The van der Waals surface area contributed by atoms with Gasteiger partial charge in [-0.3, -0.25) is 4.79 Å². The standard InChI is InChI=1S/C23H27N3O5/c1-4-29-21-11-6-17(14-22(21)30-5-2)15-24-23(27)20-12-13-26(25-20)16-31-19-9-7-18(28-3)8-10-19/h6-14H,4-5,15-16H2,1-3H3,(H,24,27). The van der Waals surface area contributed by atoms with Gasteiger partial charge in [0.2, 0.25) is 0 Å². The van der Waals surface area contributed by atoms with Gasteiger partial charge in [-0.15, -0.1) is 0 Å². The van der Waals surface area contributed by atoms with Gasteiger partial charge in [0.05, 0.1) is 20.3 Å². The molecule has 0 atom stereocenters. The Balaban J connectivity index is 1.54. The molecule has 0 spiro atoms. The van der Waals surface area contributed by atoms with Gasteiger partial charge >= 0.3 is 0 Å². The maximum atomic E-state index is 12.5. The largest absolute Gasteiger partial charge is 0.497 e. The topological polar surface area (TPSA) is 83.8 Å². The zero-order valence-corrected chi connectivity index (χ0v) is 18.0. The average Bonchev–Trinajstić information content (AvgIpc) is 3.27.